The zero-order valence-electron chi connectivity index (χ0n) is 11.2. The summed E-state index contributed by atoms with van der Waals surface area (Å²) in [6.45, 7) is 3.76. The third-order valence-electron chi connectivity index (χ3n) is 3.36. The van der Waals surface area contributed by atoms with E-state index < -0.39 is 25.9 Å². The minimum Gasteiger partial charge on any atom is -0.229 e. The van der Waals surface area contributed by atoms with E-state index in [0.717, 1.165) is 3.79 Å². The monoisotopic (exact) mass is 401 g/mol. The Balaban J connectivity index is 2.39. The predicted octanol–water partition coefficient (Wildman–Crippen LogP) is 2.02. The van der Waals surface area contributed by atoms with Crippen molar-refractivity contribution in [2.45, 2.75) is 31.2 Å². The largest absolute Gasteiger partial charge is 0.244 e. The van der Waals surface area contributed by atoms with E-state index in [9.17, 15) is 16.8 Å². The number of halogens is 1. The van der Waals surface area contributed by atoms with Crippen LogP contribution in [-0.4, -0.2) is 45.2 Å². The summed E-state index contributed by atoms with van der Waals surface area (Å²) in [5.41, 5.74) is 0. The topological polar surface area (TPSA) is 71.5 Å². The molecule has 5 nitrogen and oxygen atoms in total. The highest BCUT2D eigenvalue weighted by molar-refractivity contribution is 9.11. The molecule has 1 fully saturated rings. The van der Waals surface area contributed by atoms with Crippen LogP contribution in [0.5, 0.6) is 0 Å². The Morgan fingerprint density at radius 3 is 2.55 bits per heavy atom. The highest BCUT2D eigenvalue weighted by Gasteiger charge is 2.38. The van der Waals surface area contributed by atoms with Gasteiger partial charge in [-0.15, -0.1) is 11.3 Å². The van der Waals surface area contributed by atoms with Gasteiger partial charge < -0.3 is 0 Å². The maximum atomic E-state index is 12.7. The summed E-state index contributed by atoms with van der Waals surface area (Å²) in [5, 5.41) is 0. The third-order valence-corrected chi connectivity index (χ3v) is 8.94. The Kier molecular flexibility index (Phi) is 4.66. The Labute approximate surface area is 132 Å². The molecule has 20 heavy (non-hydrogen) atoms. The van der Waals surface area contributed by atoms with Crippen LogP contribution >= 0.6 is 27.3 Å². The predicted molar refractivity (Wildman–Crippen MR) is 83.4 cm³/mol. The van der Waals surface area contributed by atoms with Crippen LogP contribution in [0.25, 0.3) is 0 Å². The van der Waals surface area contributed by atoms with E-state index in [1.165, 1.54) is 15.6 Å². The Hall–Kier alpha value is 0.0400. The molecule has 2 heterocycles. The zero-order valence-corrected chi connectivity index (χ0v) is 15.2. The van der Waals surface area contributed by atoms with E-state index in [4.69, 9.17) is 0 Å². The van der Waals surface area contributed by atoms with Crippen molar-refractivity contribution in [1.82, 2.24) is 4.31 Å². The first-order valence-corrected chi connectivity index (χ1v) is 11.0. The lowest BCUT2D eigenvalue weighted by Gasteiger charge is -2.25. The zero-order chi connectivity index (χ0) is 15.1. The van der Waals surface area contributed by atoms with Gasteiger partial charge in [0.25, 0.3) is 0 Å². The van der Waals surface area contributed by atoms with E-state index in [-0.39, 0.29) is 22.9 Å². The normalized spacial score (nSPS) is 22.5. The summed E-state index contributed by atoms with van der Waals surface area (Å²) in [7, 11) is -6.76. The number of hydrogen-bond acceptors (Lipinski definition) is 5. The highest BCUT2D eigenvalue weighted by Crippen LogP contribution is 2.33. The molecule has 1 aromatic rings. The molecule has 1 aliphatic heterocycles. The Bertz CT molecular complexity index is 708. The molecule has 0 aliphatic carbocycles. The van der Waals surface area contributed by atoms with Crippen LogP contribution in [0.15, 0.2) is 14.7 Å². The molecule has 1 unspecified atom stereocenters. The van der Waals surface area contributed by atoms with Crippen LogP contribution in [0.2, 0.25) is 0 Å². The fraction of sp³-hybridized carbons (Fsp3) is 0.636. The second-order valence-corrected chi connectivity index (χ2v) is 11.5. The number of rotatable bonds is 4. The minimum atomic E-state index is -3.65. The first-order chi connectivity index (χ1) is 9.17. The first kappa shape index (κ1) is 16.4. The van der Waals surface area contributed by atoms with Crippen LogP contribution < -0.4 is 0 Å². The highest BCUT2D eigenvalue weighted by atomic mass is 79.9. The van der Waals surface area contributed by atoms with Gasteiger partial charge in [0.05, 0.1) is 20.2 Å². The average Bonchev–Trinajstić information content (AvgIpc) is 2.82. The molecule has 0 aromatic carbocycles. The fourth-order valence-electron chi connectivity index (χ4n) is 2.44. The van der Waals surface area contributed by atoms with Gasteiger partial charge in [-0.3, -0.25) is 0 Å². The van der Waals surface area contributed by atoms with Gasteiger partial charge in [-0.2, -0.15) is 4.31 Å². The molecule has 0 saturated carbocycles. The van der Waals surface area contributed by atoms with Gasteiger partial charge in [0.2, 0.25) is 10.0 Å². The van der Waals surface area contributed by atoms with Crippen molar-refractivity contribution in [2.24, 2.45) is 0 Å². The molecule has 1 aliphatic rings. The van der Waals surface area contributed by atoms with Gasteiger partial charge in [-0.1, -0.05) is 6.92 Å². The molecule has 1 atom stereocenters. The standard InChI is InChI=1S/C11H16BrNO4S3/c1-3-13(9-4-5-19(14,15)7-9)20(16,17)10-6-11(12)18-8(10)2/h6,9H,3-5,7H2,1-2H3. The van der Waals surface area contributed by atoms with Crippen LogP contribution in [0.1, 0.15) is 18.2 Å². The van der Waals surface area contributed by atoms with Crippen molar-refractivity contribution < 1.29 is 16.8 Å². The lowest BCUT2D eigenvalue weighted by Crippen LogP contribution is -2.40. The van der Waals surface area contributed by atoms with Crippen LogP contribution in [-0.2, 0) is 19.9 Å². The maximum Gasteiger partial charge on any atom is 0.244 e. The number of sulfone groups is 1. The van der Waals surface area contributed by atoms with E-state index in [0.29, 0.717) is 11.3 Å². The molecule has 0 amide bonds. The van der Waals surface area contributed by atoms with Crippen molar-refractivity contribution in [3.63, 3.8) is 0 Å². The van der Waals surface area contributed by atoms with Gasteiger partial charge in [-0.25, -0.2) is 16.8 Å². The quantitative estimate of drug-likeness (QED) is 0.773. The smallest absolute Gasteiger partial charge is 0.229 e. The number of nitrogens with zero attached hydrogens (tertiary/aromatic N) is 1. The lowest BCUT2D eigenvalue weighted by atomic mass is 10.3. The Morgan fingerprint density at radius 2 is 2.15 bits per heavy atom. The third kappa shape index (κ3) is 3.11. The van der Waals surface area contributed by atoms with E-state index in [1.807, 2.05) is 0 Å². The van der Waals surface area contributed by atoms with E-state index in [1.54, 1.807) is 19.9 Å². The molecule has 1 aromatic heterocycles. The van der Waals surface area contributed by atoms with Gasteiger partial charge in [0.1, 0.15) is 0 Å². The van der Waals surface area contributed by atoms with Crippen LogP contribution in [0, 0.1) is 6.92 Å². The first-order valence-electron chi connectivity index (χ1n) is 6.15. The van der Waals surface area contributed by atoms with Crippen molar-refractivity contribution in [1.29, 1.82) is 0 Å². The lowest BCUT2D eigenvalue weighted by molar-refractivity contribution is 0.354. The molecule has 9 heteroatoms. The Morgan fingerprint density at radius 1 is 1.50 bits per heavy atom. The van der Waals surface area contributed by atoms with Crippen molar-refractivity contribution in [3.8, 4) is 0 Å². The fourth-order valence-corrected chi connectivity index (χ4v) is 8.31. The number of thiophene rings is 1. The number of hydrogen-bond donors (Lipinski definition) is 0. The summed E-state index contributed by atoms with van der Waals surface area (Å²) >= 11 is 4.65. The summed E-state index contributed by atoms with van der Waals surface area (Å²) in [5.74, 6) is -0.0135. The van der Waals surface area contributed by atoms with Gasteiger partial charge in [-0.05, 0) is 35.3 Å². The van der Waals surface area contributed by atoms with Crippen molar-refractivity contribution >= 4 is 47.1 Å². The maximum absolute atomic E-state index is 12.7. The van der Waals surface area contributed by atoms with Crippen LogP contribution in [0.4, 0.5) is 0 Å². The molecular formula is C11H16BrNO4S3. The molecule has 1 saturated heterocycles. The molecule has 0 N–H and O–H groups in total. The second kappa shape index (κ2) is 5.68. The molecule has 0 spiro atoms. The molecule has 0 bridgehead atoms. The van der Waals surface area contributed by atoms with Gasteiger partial charge in [0, 0.05) is 17.5 Å². The molecular weight excluding hydrogens is 386 g/mol. The molecule has 0 radical (unpaired) electrons. The van der Waals surface area contributed by atoms with E-state index >= 15 is 0 Å². The van der Waals surface area contributed by atoms with Gasteiger partial charge in [0.15, 0.2) is 9.84 Å². The second-order valence-electron chi connectivity index (χ2n) is 4.74. The summed E-state index contributed by atoms with van der Waals surface area (Å²) in [4.78, 5) is 0.969. The summed E-state index contributed by atoms with van der Waals surface area (Å²) < 4.78 is 50.6. The number of sulfonamides is 1. The summed E-state index contributed by atoms with van der Waals surface area (Å²) in [6.07, 6.45) is 0.375. The van der Waals surface area contributed by atoms with Gasteiger partial charge >= 0.3 is 0 Å². The molecule has 114 valence electrons. The average molecular weight is 402 g/mol. The van der Waals surface area contributed by atoms with Crippen molar-refractivity contribution in [2.75, 3.05) is 18.1 Å². The molecule has 2 rings (SSSR count). The van der Waals surface area contributed by atoms with Crippen molar-refractivity contribution in [3.05, 3.63) is 14.7 Å². The SMILES string of the molecule is CCN(C1CCS(=O)(=O)C1)S(=O)(=O)c1cc(Br)sc1C. The number of aryl methyl sites for hydroxylation is 1. The van der Waals surface area contributed by atoms with E-state index in [2.05, 4.69) is 15.9 Å². The summed E-state index contributed by atoms with van der Waals surface area (Å²) in [6, 6.07) is 1.13. The van der Waals surface area contributed by atoms with Crippen LogP contribution in [0.3, 0.4) is 0 Å². The minimum absolute atomic E-state index is 0.0655.